The van der Waals surface area contributed by atoms with Gasteiger partial charge in [0.15, 0.2) is 5.17 Å². The van der Waals surface area contributed by atoms with E-state index < -0.39 is 17.2 Å². The van der Waals surface area contributed by atoms with E-state index in [1.165, 1.54) is 23.9 Å². The van der Waals surface area contributed by atoms with Gasteiger partial charge in [-0.3, -0.25) is 4.79 Å². The molecule has 134 valence electrons. The third-order valence-corrected chi connectivity index (χ3v) is 5.87. The highest BCUT2D eigenvalue weighted by molar-refractivity contribution is 8.13. The number of amides is 1. The van der Waals surface area contributed by atoms with Crippen molar-refractivity contribution in [1.29, 1.82) is 0 Å². The first-order valence-corrected chi connectivity index (χ1v) is 9.32. The number of benzene rings is 2. The van der Waals surface area contributed by atoms with Gasteiger partial charge in [-0.05, 0) is 18.2 Å². The van der Waals surface area contributed by atoms with Crippen molar-refractivity contribution in [3.8, 4) is 0 Å². The van der Waals surface area contributed by atoms with E-state index in [1.54, 1.807) is 24.3 Å². The van der Waals surface area contributed by atoms with Crippen molar-refractivity contribution in [2.24, 2.45) is 10.9 Å². The molecule has 2 aliphatic rings. The molecular weight excluding hydrogens is 356 g/mol. The topological polar surface area (TPSA) is 53.5 Å². The summed E-state index contributed by atoms with van der Waals surface area (Å²) in [4.78, 5) is 17.1. The molecule has 0 unspecified atom stereocenters. The first kappa shape index (κ1) is 17.2. The second-order valence-corrected chi connectivity index (χ2v) is 7.43. The highest BCUT2D eigenvalue weighted by Crippen LogP contribution is 2.43. The van der Waals surface area contributed by atoms with Gasteiger partial charge in [-0.25, -0.2) is 13.8 Å². The summed E-state index contributed by atoms with van der Waals surface area (Å²) in [6.45, 7) is 1.15. The van der Waals surface area contributed by atoms with Gasteiger partial charge < -0.3 is 10.6 Å². The van der Waals surface area contributed by atoms with Gasteiger partial charge in [-0.1, -0.05) is 36.0 Å². The zero-order chi connectivity index (χ0) is 18.1. The van der Waals surface area contributed by atoms with Crippen molar-refractivity contribution in [2.75, 3.05) is 18.8 Å². The van der Waals surface area contributed by atoms with Crippen LogP contribution in [0.3, 0.4) is 0 Å². The second kappa shape index (κ2) is 6.81. The number of aliphatic imine (C=N–C) groups is 1. The number of fused-ring (bicyclic) bond motifs is 1. The van der Waals surface area contributed by atoms with Crippen molar-refractivity contribution < 1.29 is 13.6 Å². The van der Waals surface area contributed by atoms with E-state index in [0.717, 1.165) is 6.07 Å². The Morgan fingerprint density at radius 2 is 2.04 bits per heavy atom. The fraction of sp³-hybridized carbons (Fsp3) is 0.263. The highest BCUT2D eigenvalue weighted by atomic mass is 32.2. The van der Waals surface area contributed by atoms with Crippen molar-refractivity contribution >= 4 is 22.8 Å². The zero-order valence-corrected chi connectivity index (χ0v) is 14.7. The molecule has 0 aliphatic carbocycles. The summed E-state index contributed by atoms with van der Waals surface area (Å²) in [5.41, 5.74) is 0.0626. The number of thioether (sulfide) groups is 1. The number of carbonyl (C=O) groups is 1. The Balaban J connectivity index is 1.68. The van der Waals surface area contributed by atoms with Crippen LogP contribution in [0.5, 0.6) is 0 Å². The second-order valence-electron chi connectivity index (χ2n) is 6.42. The van der Waals surface area contributed by atoms with Gasteiger partial charge in [0.25, 0.3) is 5.91 Å². The van der Waals surface area contributed by atoms with Crippen LogP contribution in [0.1, 0.15) is 15.9 Å². The average Bonchev–Trinajstić information content (AvgIpc) is 3.06. The van der Waals surface area contributed by atoms with Gasteiger partial charge in [0.05, 0.1) is 0 Å². The minimum atomic E-state index is -0.831. The monoisotopic (exact) mass is 373 g/mol. The molecular formula is C19H17F2N3OS. The zero-order valence-electron chi connectivity index (χ0n) is 13.8. The molecule has 2 aromatic carbocycles. The van der Waals surface area contributed by atoms with Crippen LogP contribution in [0.15, 0.2) is 53.5 Å². The summed E-state index contributed by atoms with van der Waals surface area (Å²) in [6.07, 6.45) is 0. The maximum Gasteiger partial charge on any atom is 0.257 e. The number of rotatable bonds is 2. The Labute approximate surface area is 154 Å². The molecule has 0 saturated carbocycles. The number of nitrogens with zero attached hydrogens (tertiary/aromatic N) is 1. The van der Waals surface area contributed by atoms with E-state index in [9.17, 15) is 13.6 Å². The van der Waals surface area contributed by atoms with E-state index in [1.807, 2.05) is 6.07 Å². The summed E-state index contributed by atoms with van der Waals surface area (Å²) in [7, 11) is 0. The summed E-state index contributed by atoms with van der Waals surface area (Å²) < 4.78 is 27.8. The number of nitrogens with one attached hydrogen (secondary N) is 2. The molecule has 2 N–H and O–H groups in total. The van der Waals surface area contributed by atoms with Crippen molar-refractivity contribution in [1.82, 2.24) is 10.6 Å². The molecule has 4 nitrogen and oxygen atoms in total. The lowest BCUT2D eigenvalue weighted by molar-refractivity contribution is 0.0977. The molecule has 1 saturated heterocycles. The Morgan fingerprint density at radius 1 is 1.23 bits per heavy atom. The fourth-order valence-corrected chi connectivity index (χ4v) is 4.65. The Hall–Kier alpha value is -2.25. The minimum absolute atomic E-state index is 0.0739. The third-order valence-electron chi connectivity index (χ3n) is 4.84. The molecule has 1 amide bonds. The van der Waals surface area contributed by atoms with Gasteiger partial charge >= 0.3 is 0 Å². The maximum atomic E-state index is 14.5. The highest BCUT2D eigenvalue weighted by Gasteiger charge is 2.48. The van der Waals surface area contributed by atoms with E-state index in [0.29, 0.717) is 35.1 Å². The van der Waals surface area contributed by atoms with Gasteiger partial charge in [0, 0.05) is 42.0 Å². The van der Waals surface area contributed by atoms with Crippen LogP contribution >= 0.6 is 11.8 Å². The number of amidine groups is 1. The molecule has 2 aliphatic heterocycles. The first-order valence-electron chi connectivity index (χ1n) is 8.34. The summed E-state index contributed by atoms with van der Waals surface area (Å²) >= 11 is 1.45. The molecule has 2 atom stereocenters. The Bertz CT molecular complexity index is 874. The fourth-order valence-electron chi connectivity index (χ4n) is 3.51. The van der Waals surface area contributed by atoms with Gasteiger partial charge in [-0.15, -0.1) is 0 Å². The van der Waals surface area contributed by atoms with E-state index in [-0.39, 0.29) is 11.8 Å². The molecule has 2 aromatic rings. The molecule has 7 heteroatoms. The van der Waals surface area contributed by atoms with Gasteiger partial charge in [0.2, 0.25) is 0 Å². The van der Waals surface area contributed by atoms with Crippen molar-refractivity contribution in [3.05, 3.63) is 71.3 Å². The number of carbonyl (C=O) groups excluding carboxylic acids is 1. The van der Waals surface area contributed by atoms with E-state index in [2.05, 4.69) is 10.6 Å². The Kier molecular flexibility index (Phi) is 4.50. The first-order chi connectivity index (χ1) is 12.6. The predicted molar refractivity (Wildman–Crippen MR) is 98.2 cm³/mol. The van der Waals surface area contributed by atoms with Crippen molar-refractivity contribution in [3.63, 3.8) is 0 Å². The summed E-state index contributed by atoms with van der Waals surface area (Å²) in [5.74, 6) is -0.710. The quantitative estimate of drug-likeness (QED) is 0.851. The van der Waals surface area contributed by atoms with Crippen LogP contribution in [0, 0.1) is 17.6 Å². The number of hydrogen-bond acceptors (Lipinski definition) is 4. The van der Waals surface area contributed by atoms with Crippen LogP contribution in [0.25, 0.3) is 0 Å². The predicted octanol–water partition coefficient (Wildman–Crippen LogP) is 2.91. The van der Waals surface area contributed by atoms with Crippen LogP contribution < -0.4 is 10.6 Å². The summed E-state index contributed by atoms with van der Waals surface area (Å²) in [5, 5.41) is 6.54. The van der Waals surface area contributed by atoms with E-state index in [4.69, 9.17) is 4.99 Å². The van der Waals surface area contributed by atoms with Crippen LogP contribution in [0.2, 0.25) is 0 Å². The lowest BCUT2D eigenvalue weighted by atomic mass is 9.81. The SMILES string of the molecule is O=C(NC1=N[C@@]2(c3ccc(F)cc3F)CNC[C@H]2CS1)c1ccccc1. The van der Waals surface area contributed by atoms with Gasteiger partial charge in [0.1, 0.15) is 17.2 Å². The molecule has 2 heterocycles. The lowest BCUT2D eigenvalue weighted by Crippen LogP contribution is -2.43. The average molecular weight is 373 g/mol. The van der Waals surface area contributed by atoms with Crippen LogP contribution in [0.4, 0.5) is 8.78 Å². The molecule has 0 spiro atoms. The molecule has 4 rings (SSSR count). The molecule has 0 aromatic heterocycles. The molecule has 1 fully saturated rings. The van der Waals surface area contributed by atoms with Crippen molar-refractivity contribution in [2.45, 2.75) is 5.54 Å². The maximum absolute atomic E-state index is 14.5. The van der Waals surface area contributed by atoms with E-state index >= 15 is 0 Å². The Morgan fingerprint density at radius 3 is 2.81 bits per heavy atom. The number of halogens is 2. The minimum Gasteiger partial charge on any atom is -0.314 e. The normalized spacial score (nSPS) is 24.7. The molecule has 0 bridgehead atoms. The molecule has 26 heavy (non-hydrogen) atoms. The lowest BCUT2D eigenvalue weighted by Gasteiger charge is -2.35. The van der Waals surface area contributed by atoms with Crippen LogP contribution in [-0.4, -0.2) is 29.9 Å². The number of hydrogen-bond donors (Lipinski definition) is 2. The summed E-state index contributed by atoms with van der Waals surface area (Å²) in [6, 6.07) is 12.5. The van der Waals surface area contributed by atoms with Gasteiger partial charge in [-0.2, -0.15) is 0 Å². The third kappa shape index (κ3) is 3.01. The smallest absolute Gasteiger partial charge is 0.257 e. The van der Waals surface area contributed by atoms with Crippen LogP contribution in [-0.2, 0) is 5.54 Å². The largest absolute Gasteiger partial charge is 0.314 e. The molecule has 0 radical (unpaired) electrons. The standard InChI is InChI=1S/C19H17F2N3OS/c20-14-6-7-15(16(21)8-14)19-11-22-9-13(19)10-26-18(24-19)23-17(25)12-4-2-1-3-5-12/h1-8,13,22H,9-11H2,(H,23,24,25)/t13-,19-/m0/s1.